The number of rotatable bonds is 4. The average molecular weight is 284 g/mol. The minimum atomic E-state index is -0.518. The predicted octanol–water partition coefficient (Wildman–Crippen LogP) is 3.59. The number of carbonyl (C=O) groups excluding carboxylic acids is 1. The molecule has 0 unspecified atom stereocenters. The first-order chi connectivity index (χ1) is 10.1. The van der Waals surface area contributed by atoms with Gasteiger partial charge in [-0.2, -0.15) is 0 Å². The molecule has 0 radical (unpaired) electrons. The van der Waals surface area contributed by atoms with E-state index in [1.807, 2.05) is 0 Å². The highest BCUT2D eigenvalue weighted by molar-refractivity contribution is 6.06. The third-order valence-electron chi connectivity index (χ3n) is 2.71. The van der Waals surface area contributed by atoms with Crippen molar-refractivity contribution in [2.24, 2.45) is 5.11 Å². The van der Waals surface area contributed by atoms with Crippen LogP contribution in [0.3, 0.4) is 0 Å². The largest absolute Gasteiger partial charge is 0.507 e. The molecule has 0 atom stereocenters. The van der Waals surface area contributed by atoms with Crippen LogP contribution in [0, 0.1) is 0 Å². The number of hydrogen-bond acceptors (Lipinski definition) is 4. The van der Waals surface area contributed by atoms with Crippen molar-refractivity contribution in [3.05, 3.63) is 58.5 Å². The number of carbonyl (C=O) groups is 1. The van der Waals surface area contributed by atoms with Gasteiger partial charge in [-0.3, -0.25) is 4.79 Å². The van der Waals surface area contributed by atoms with Crippen molar-refractivity contribution in [2.45, 2.75) is 0 Å². The molecule has 0 aromatic heterocycles. The van der Waals surface area contributed by atoms with Crippen LogP contribution in [0.2, 0.25) is 0 Å². The fraction of sp³-hybridized carbons (Fsp3) is 0.0714. The molecule has 0 aliphatic rings. The number of nitrogens with one attached hydrogen (secondary N) is 1. The van der Waals surface area contributed by atoms with Gasteiger partial charge in [0, 0.05) is 22.4 Å². The Morgan fingerprint density at radius 3 is 2.86 bits per heavy atom. The quantitative estimate of drug-likeness (QED) is 0.508. The van der Waals surface area contributed by atoms with Gasteiger partial charge in [0.25, 0.3) is 5.91 Å². The number of benzene rings is 2. The maximum Gasteiger partial charge on any atom is 0.259 e. The average Bonchev–Trinajstić information content (AvgIpc) is 2.49. The Morgan fingerprint density at radius 2 is 2.14 bits per heavy atom. The van der Waals surface area contributed by atoms with Crippen LogP contribution in [0.1, 0.15) is 10.4 Å². The van der Waals surface area contributed by atoms with Gasteiger partial charge in [0.05, 0.1) is 12.7 Å². The Labute approximate surface area is 120 Å². The summed E-state index contributed by atoms with van der Waals surface area (Å²) in [7, 11) is 1.52. The highest BCUT2D eigenvalue weighted by Gasteiger charge is 2.12. The van der Waals surface area contributed by atoms with Gasteiger partial charge in [-0.1, -0.05) is 11.2 Å². The summed E-state index contributed by atoms with van der Waals surface area (Å²) >= 11 is 0. The molecule has 0 saturated heterocycles. The minimum absolute atomic E-state index is 0.0164. The molecule has 0 fully saturated rings. The van der Waals surface area contributed by atoms with Crippen LogP contribution >= 0.6 is 0 Å². The zero-order valence-corrected chi connectivity index (χ0v) is 11.1. The van der Waals surface area contributed by atoms with Crippen molar-refractivity contribution in [3.63, 3.8) is 0 Å². The molecule has 106 valence electrons. The van der Waals surface area contributed by atoms with E-state index in [0.717, 1.165) is 0 Å². The van der Waals surface area contributed by atoms with Crippen LogP contribution < -0.4 is 10.1 Å². The van der Waals surface area contributed by atoms with Crippen LogP contribution in [-0.4, -0.2) is 18.1 Å². The van der Waals surface area contributed by atoms with Gasteiger partial charge in [0.2, 0.25) is 0 Å². The summed E-state index contributed by atoms with van der Waals surface area (Å²) in [5, 5.41) is 15.8. The predicted molar refractivity (Wildman–Crippen MR) is 77.9 cm³/mol. The fourth-order valence-corrected chi connectivity index (χ4v) is 1.72. The van der Waals surface area contributed by atoms with Crippen LogP contribution in [-0.2, 0) is 0 Å². The number of anilines is 1. The summed E-state index contributed by atoms with van der Waals surface area (Å²) in [5.74, 6) is -0.122. The molecule has 0 spiro atoms. The van der Waals surface area contributed by atoms with Crippen molar-refractivity contribution in [3.8, 4) is 11.5 Å². The Morgan fingerprint density at radius 1 is 1.33 bits per heavy atom. The zero-order chi connectivity index (χ0) is 15.2. The van der Waals surface area contributed by atoms with E-state index in [2.05, 4.69) is 15.3 Å². The number of nitrogens with zero attached hydrogens (tertiary/aromatic N) is 3. The fourth-order valence-electron chi connectivity index (χ4n) is 1.72. The molecule has 0 saturated carbocycles. The first-order valence-corrected chi connectivity index (χ1v) is 5.97. The van der Waals surface area contributed by atoms with Crippen molar-refractivity contribution >= 4 is 17.3 Å². The maximum absolute atomic E-state index is 12.1. The van der Waals surface area contributed by atoms with Crippen LogP contribution in [0.4, 0.5) is 11.4 Å². The summed E-state index contributed by atoms with van der Waals surface area (Å²) in [5.41, 5.74) is 9.17. The summed E-state index contributed by atoms with van der Waals surface area (Å²) in [6.07, 6.45) is 0. The molecule has 0 heterocycles. The number of amides is 1. The standard InChI is InChI=1S/C14H12N4O3/c1-21-11-4-2-3-9(7-11)16-14(20)12-8-10(17-18-15)5-6-13(12)19/h2-8,19H,1H3,(H,16,20). The van der Waals surface area contributed by atoms with Crippen LogP contribution in [0.25, 0.3) is 10.4 Å². The second-order valence-corrected chi connectivity index (χ2v) is 4.08. The summed E-state index contributed by atoms with van der Waals surface area (Å²) < 4.78 is 5.06. The molecule has 2 aromatic carbocycles. The smallest absolute Gasteiger partial charge is 0.259 e. The van der Waals surface area contributed by atoms with E-state index in [-0.39, 0.29) is 17.0 Å². The summed E-state index contributed by atoms with van der Waals surface area (Å²) in [6.45, 7) is 0. The van der Waals surface area contributed by atoms with Gasteiger partial charge in [-0.25, -0.2) is 0 Å². The first-order valence-electron chi connectivity index (χ1n) is 5.97. The van der Waals surface area contributed by atoms with E-state index < -0.39 is 5.91 Å². The number of phenolic OH excluding ortho intramolecular Hbond substituents is 1. The number of hydrogen-bond donors (Lipinski definition) is 2. The van der Waals surface area contributed by atoms with Crippen LogP contribution in [0.5, 0.6) is 11.5 Å². The SMILES string of the molecule is COc1cccc(NC(=O)c2cc(N=[N+]=[N-])ccc2O)c1. The van der Waals surface area contributed by atoms with Gasteiger partial charge in [-0.15, -0.1) is 0 Å². The minimum Gasteiger partial charge on any atom is -0.507 e. The molecule has 0 aliphatic heterocycles. The van der Waals surface area contributed by atoms with Crippen molar-refractivity contribution in [2.75, 3.05) is 12.4 Å². The molecule has 21 heavy (non-hydrogen) atoms. The van der Waals surface area contributed by atoms with Crippen molar-refractivity contribution in [1.29, 1.82) is 0 Å². The van der Waals surface area contributed by atoms with E-state index in [4.69, 9.17) is 10.3 Å². The third-order valence-corrected chi connectivity index (χ3v) is 2.71. The number of phenols is 1. The lowest BCUT2D eigenvalue weighted by Crippen LogP contribution is -2.12. The van der Waals surface area contributed by atoms with E-state index >= 15 is 0 Å². The van der Waals surface area contributed by atoms with E-state index in [1.165, 1.54) is 25.3 Å². The molecular weight excluding hydrogens is 272 g/mol. The molecule has 0 aliphatic carbocycles. The Bertz CT molecular complexity index is 724. The molecule has 2 N–H and O–H groups in total. The number of methoxy groups -OCH3 is 1. The highest BCUT2D eigenvalue weighted by atomic mass is 16.5. The monoisotopic (exact) mass is 284 g/mol. The second kappa shape index (κ2) is 6.31. The first kappa shape index (κ1) is 14.2. The molecule has 7 nitrogen and oxygen atoms in total. The lowest BCUT2D eigenvalue weighted by molar-refractivity contribution is 0.102. The molecule has 2 rings (SSSR count). The maximum atomic E-state index is 12.1. The van der Waals surface area contributed by atoms with Gasteiger partial charge < -0.3 is 15.2 Å². The molecule has 1 amide bonds. The van der Waals surface area contributed by atoms with Crippen LogP contribution in [0.15, 0.2) is 47.6 Å². The highest BCUT2D eigenvalue weighted by Crippen LogP contribution is 2.25. The van der Waals surface area contributed by atoms with E-state index in [9.17, 15) is 9.90 Å². The second-order valence-electron chi connectivity index (χ2n) is 4.08. The molecular formula is C14H12N4O3. The van der Waals surface area contributed by atoms with Gasteiger partial charge >= 0.3 is 0 Å². The van der Waals surface area contributed by atoms with Crippen molar-refractivity contribution < 1.29 is 14.6 Å². The van der Waals surface area contributed by atoms with Crippen molar-refractivity contribution in [1.82, 2.24) is 0 Å². The topological polar surface area (TPSA) is 107 Å². The Kier molecular flexibility index (Phi) is 4.28. The van der Waals surface area contributed by atoms with Gasteiger partial charge in [0.15, 0.2) is 0 Å². The Hall–Kier alpha value is -3.18. The third kappa shape index (κ3) is 3.43. The summed E-state index contributed by atoms with van der Waals surface area (Å²) in [6, 6.07) is 10.8. The molecule has 2 aromatic rings. The Balaban J connectivity index is 2.27. The lowest BCUT2D eigenvalue weighted by Gasteiger charge is -2.08. The number of ether oxygens (including phenoxy) is 1. The van der Waals surface area contributed by atoms with Gasteiger partial charge in [0.1, 0.15) is 11.5 Å². The number of aromatic hydroxyl groups is 1. The number of azide groups is 1. The molecule has 7 heteroatoms. The normalized spacial score (nSPS) is 9.57. The zero-order valence-electron chi connectivity index (χ0n) is 11.1. The van der Waals surface area contributed by atoms with Gasteiger partial charge in [-0.05, 0) is 35.9 Å². The lowest BCUT2D eigenvalue weighted by atomic mass is 10.1. The van der Waals surface area contributed by atoms with E-state index in [0.29, 0.717) is 11.4 Å². The van der Waals surface area contributed by atoms with E-state index in [1.54, 1.807) is 24.3 Å². The molecule has 0 bridgehead atoms. The summed E-state index contributed by atoms with van der Waals surface area (Å²) in [4.78, 5) is 14.8.